The van der Waals surface area contributed by atoms with E-state index in [0.717, 1.165) is 18.2 Å². The standard InChI is InChI=1S/C14H23Br/c1-12(2)6-5-7-14(10-11-15)9-8-13(3)4/h6,8,10H,5,7,9,11H2,1-4H3/b14-10-. The van der Waals surface area contributed by atoms with Crippen molar-refractivity contribution in [3.05, 3.63) is 34.9 Å². The molecule has 0 aliphatic rings. The van der Waals surface area contributed by atoms with Crippen LogP contribution >= 0.6 is 15.9 Å². The van der Waals surface area contributed by atoms with Crippen LogP contribution in [0.5, 0.6) is 0 Å². The Hall–Kier alpha value is -0.300. The summed E-state index contributed by atoms with van der Waals surface area (Å²) in [5, 5.41) is 0.966. The maximum absolute atomic E-state index is 3.47. The molecule has 0 aromatic heterocycles. The van der Waals surface area contributed by atoms with Crippen LogP contribution in [0.15, 0.2) is 34.9 Å². The quantitative estimate of drug-likeness (QED) is 0.447. The molecule has 0 aromatic rings. The van der Waals surface area contributed by atoms with Crippen molar-refractivity contribution in [1.82, 2.24) is 0 Å². The molecule has 0 aliphatic heterocycles. The molecule has 15 heavy (non-hydrogen) atoms. The molecular weight excluding hydrogens is 248 g/mol. The van der Waals surface area contributed by atoms with Crippen LogP contribution in [0.2, 0.25) is 0 Å². The van der Waals surface area contributed by atoms with Gasteiger partial charge in [-0.05, 0) is 47.0 Å². The van der Waals surface area contributed by atoms with Gasteiger partial charge in [-0.15, -0.1) is 0 Å². The number of rotatable bonds is 6. The molecular formula is C14H23Br. The summed E-state index contributed by atoms with van der Waals surface area (Å²) in [6.45, 7) is 8.62. The summed E-state index contributed by atoms with van der Waals surface area (Å²) in [5.74, 6) is 0. The molecule has 1 heteroatoms. The Labute approximate surface area is 103 Å². The summed E-state index contributed by atoms with van der Waals surface area (Å²) in [7, 11) is 0. The minimum Gasteiger partial charge on any atom is -0.0883 e. The van der Waals surface area contributed by atoms with Gasteiger partial charge in [0.15, 0.2) is 0 Å². The van der Waals surface area contributed by atoms with Crippen LogP contribution in [0.25, 0.3) is 0 Å². The van der Waals surface area contributed by atoms with Gasteiger partial charge >= 0.3 is 0 Å². The fourth-order valence-corrected chi connectivity index (χ4v) is 1.74. The lowest BCUT2D eigenvalue weighted by molar-refractivity contribution is 0.926. The van der Waals surface area contributed by atoms with E-state index < -0.39 is 0 Å². The highest BCUT2D eigenvalue weighted by atomic mass is 79.9. The Morgan fingerprint density at radius 1 is 0.933 bits per heavy atom. The van der Waals surface area contributed by atoms with Gasteiger partial charge in [-0.3, -0.25) is 0 Å². The highest BCUT2D eigenvalue weighted by molar-refractivity contribution is 9.09. The second-order valence-electron chi connectivity index (χ2n) is 4.32. The van der Waals surface area contributed by atoms with Crippen molar-refractivity contribution in [1.29, 1.82) is 0 Å². The van der Waals surface area contributed by atoms with Gasteiger partial charge in [0.1, 0.15) is 0 Å². The van der Waals surface area contributed by atoms with E-state index in [2.05, 4.69) is 61.9 Å². The monoisotopic (exact) mass is 270 g/mol. The predicted molar refractivity (Wildman–Crippen MR) is 74.6 cm³/mol. The lowest BCUT2D eigenvalue weighted by atomic mass is 10.0. The average Bonchev–Trinajstić information content (AvgIpc) is 2.13. The summed E-state index contributed by atoms with van der Waals surface area (Å²) >= 11 is 3.47. The zero-order valence-corrected chi connectivity index (χ0v) is 12.0. The Morgan fingerprint density at radius 3 is 2.00 bits per heavy atom. The van der Waals surface area contributed by atoms with Gasteiger partial charge in [-0.1, -0.05) is 50.9 Å². The summed E-state index contributed by atoms with van der Waals surface area (Å²) in [5.41, 5.74) is 4.35. The minimum atomic E-state index is 0.966. The molecule has 0 radical (unpaired) electrons. The van der Waals surface area contributed by atoms with Crippen LogP contribution in [0, 0.1) is 0 Å². The molecule has 0 fully saturated rings. The topological polar surface area (TPSA) is 0 Å². The molecule has 0 unspecified atom stereocenters. The van der Waals surface area contributed by atoms with Crippen molar-refractivity contribution < 1.29 is 0 Å². The molecule has 0 aliphatic carbocycles. The normalized spacial score (nSPS) is 11.1. The molecule has 0 N–H and O–H groups in total. The van der Waals surface area contributed by atoms with Crippen molar-refractivity contribution >= 4 is 15.9 Å². The molecule has 0 saturated heterocycles. The molecule has 0 amide bonds. The number of halogens is 1. The molecule has 0 bridgehead atoms. The smallest absolute Gasteiger partial charge is 0.0214 e. The zero-order chi connectivity index (χ0) is 11.7. The zero-order valence-electron chi connectivity index (χ0n) is 10.4. The number of alkyl halides is 1. The number of hydrogen-bond acceptors (Lipinski definition) is 0. The predicted octanol–water partition coefficient (Wildman–Crippen LogP) is 5.41. The summed E-state index contributed by atoms with van der Waals surface area (Å²) in [4.78, 5) is 0. The first-order valence-corrected chi connectivity index (χ1v) is 6.69. The van der Waals surface area contributed by atoms with Gasteiger partial charge in [0, 0.05) is 5.33 Å². The maximum Gasteiger partial charge on any atom is 0.0214 e. The minimum absolute atomic E-state index is 0.966. The molecule has 0 rings (SSSR count). The summed E-state index contributed by atoms with van der Waals surface area (Å²) in [6, 6.07) is 0. The third kappa shape index (κ3) is 9.99. The molecule has 0 atom stereocenters. The van der Waals surface area contributed by atoms with Gasteiger partial charge < -0.3 is 0 Å². The van der Waals surface area contributed by atoms with E-state index in [0.29, 0.717) is 0 Å². The summed E-state index contributed by atoms with van der Waals surface area (Å²) < 4.78 is 0. The number of hydrogen-bond donors (Lipinski definition) is 0. The van der Waals surface area contributed by atoms with E-state index >= 15 is 0 Å². The van der Waals surface area contributed by atoms with E-state index in [9.17, 15) is 0 Å². The Balaban J connectivity index is 4.12. The van der Waals surface area contributed by atoms with Gasteiger partial charge in [-0.25, -0.2) is 0 Å². The van der Waals surface area contributed by atoms with Crippen molar-refractivity contribution in [2.45, 2.75) is 47.0 Å². The van der Waals surface area contributed by atoms with E-state index in [1.165, 1.54) is 23.1 Å². The van der Waals surface area contributed by atoms with Crippen molar-refractivity contribution in [2.75, 3.05) is 5.33 Å². The fraction of sp³-hybridized carbons (Fsp3) is 0.571. The second-order valence-corrected chi connectivity index (χ2v) is 4.97. The highest BCUT2D eigenvalue weighted by Gasteiger charge is 1.94. The first-order valence-electron chi connectivity index (χ1n) is 5.57. The van der Waals surface area contributed by atoms with E-state index in [1.54, 1.807) is 0 Å². The van der Waals surface area contributed by atoms with Gasteiger partial charge in [0.05, 0.1) is 0 Å². The molecule has 0 spiro atoms. The van der Waals surface area contributed by atoms with Crippen LogP contribution in [0.4, 0.5) is 0 Å². The van der Waals surface area contributed by atoms with Crippen LogP contribution in [0.1, 0.15) is 47.0 Å². The van der Waals surface area contributed by atoms with Crippen molar-refractivity contribution in [2.24, 2.45) is 0 Å². The second kappa shape index (κ2) is 8.96. The average molecular weight is 271 g/mol. The highest BCUT2D eigenvalue weighted by Crippen LogP contribution is 2.14. The van der Waals surface area contributed by atoms with Gasteiger partial charge in [0.25, 0.3) is 0 Å². The third-order valence-corrected chi connectivity index (χ3v) is 2.48. The van der Waals surface area contributed by atoms with Gasteiger partial charge in [0.2, 0.25) is 0 Å². The van der Waals surface area contributed by atoms with Crippen molar-refractivity contribution in [3.63, 3.8) is 0 Å². The first-order chi connectivity index (χ1) is 7.06. The fourth-order valence-electron chi connectivity index (χ4n) is 1.28. The maximum atomic E-state index is 3.47. The first kappa shape index (κ1) is 14.7. The van der Waals surface area contributed by atoms with Crippen molar-refractivity contribution in [3.8, 4) is 0 Å². The Bertz CT molecular complexity index is 249. The molecule has 0 nitrogen and oxygen atoms in total. The van der Waals surface area contributed by atoms with E-state index in [4.69, 9.17) is 0 Å². The lowest BCUT2D eigenvalue weighted by Gasteiger charge is -2.03. The molecule has 0 heterocycles. The van der Waals surface area contributed by atoms with Gasteiger partial charge in [-0.2, -0.15) is 0 Å². The number of allylic oxidation sites excluding steroid dienone is 6. The molecule has 0 saturated carbocycles. The van der Waals surface area contributed by atoms with Crippen LogP contribution < -0.4 is 0 Å². The largest absolute Gasteiger partial charge is 0.0883 e. The van der Waals surface area contributed by atoms with Crippen LogP contribution in [0.3, 0.4) is 0 Å². The SMILES string of the molecule is CC(C)=CCC/C(=C/CBr)CC=C(C)C. The van der Waals surface area contributed by atoms with Crippen LogP contribution in [-0.2, 0) is 0 Å². The summed E-state index contributed by atoms with van der Waals surface area (Å²) in [6.07, 6.45) is 10.3. The van der Waals surface area contributed by atoms with E-state index in [-0.39, 0.29) is 0 Å². The third-order valence-electron chi connectivity index (χ3n) is 2.16. The lowest BCUT2D eigenvalue weighted by Crippen LogP contribution is -1.84. The molecule has 0 aromatic carbocycles. The Kier molecular flexibility index (Phi) is 8.79. The van der Waals surface area contributed by atoms with E-state index in [1.807, 2.05) is 0 Å². The Morgan fingerprint density at radius 2 is 1.53 bits per heavy atom. The van der Waals surface area contributed by atoms with Crippen LogP contribution in [-0.4, -0.2) is 5.33 Å². The molecule has 86 valence electrons.